The molecule has 0 aliphatic heterocycles. The number of benzene rings is 1. The third-order valence-corrected chi connectivity index (χ3v) is 3.40. The molecule has 1 aromatic carbocycles. The van der Waals surface area contributed by atoms with Gasteiger partial charge in [0.25, 0.3) is 0 Å². The highest BCUT2D eigenvalue weighted by atomic mass is 32.1. The van der Waals surface area contributed by atoms with Gasteiger partial charge in [0.1, 0.15) is 0 Å². The Morgan fingerprint density at radius 2 is 2.00 bits per heavy atom. The SMILES string of the molecule is O=C(O)[C@H]1CCC[C@@H]1NC(=S)Nc1ccccc1. The molecule has 2 rings (SSSR count). The minimum absolute atomic E-state index is 0.0637. The van der Waals surface area contributed by atoms with Gasteiger partial charge in [-0.05, 0) is 37.2 Å². The van der Waals surface area contributed by atoms with Gasteiger partial charge >= 0.3 is 5.97 Å². The second-order valence-corrected chi connectivity index (χ2v) is 4.85. The lowest BCUT2D eigenvalue weighted by molar-refractivity contribution is -0.142. The summed E-state index contributed by atoms with van der Waals surface area (Å²) < 4.78 is 0. The van der Waals surface area contributed by atoms with Crippen LogP contribution in [0.5, 0.6) is 0 Å². The van der Waals surface area contributed by atoms with Crippen molar-refractivity contribution in [3.8, 4) is 0 Å². The van der Waals surface area contributed by atoms with Crippen molar-refractivity contribution in [1.82, 2.24) is 5.32 Å². The predicted molar refractivity (Wildman–Crippen MR) is 74.6 cm³/mol. The van der Waals surface area contributed by atoms with E-state index in [-0.39, 0.29) is 12.0 Å². The van der Waals surface area contributed by atoms with E-state index in [0.29, 0.717) is 5.11 Å². The van der Waals surface area contributed by atoms with Crippen molar-refractivity contribution in [1.29, 1.82) is 0 Å². The zero-order chi connectivity index (χ0) is 13.0. The first-order valence-corrected chi connectivity index (χ1v) is 6.43. The van der Waals surface area contributed by atoms with E-state index in [2.05, 4.69) is 10.6 Å². The smallest absolute Gasteiger partial charge is 0.308 e. The summed E-state index contributed by atoms with van der Waals surface area (Å²) in [6.07, 6.45) is 2.51. The lowest BCUT2D eigenvalue weighted by Crippen LogP contribution is -2.42. The normalized spacial score (nSPS) is 22.4. The van der Waals surface area contributed by atoms with Gasteiger partial charge in [0.15, 0.2) is 5.11 Å². The Morgan fingerprint density at radius 3 is 2.67 bits per heavy atom. The van der Waals surface area contributed by atoms with Crippen LogP contribution in [-0.4, -0.2) is 22.2 Å². The molecule has 0 unspecified atom stereocenters. The molecule has 3 N–H and O–H groups in total. The molecule has 1 fully saturated rings. The van der Waals surface area contributed by atoms with Crippen molar-refractivity contribution >= 4 is 29.0 Å². The van der Waals surface area contributed by atoms with Gasteiger partial charge in [0.05, 0.1) is 5.92 Å². The number of carboxylic acid groups (broad SMARTS) is 1. The molecule has 0 saturated heterocycles. The summed E-state index contributed by atoms with van der Waals surface area (Å²) in [7, 11) is 0. The second kappa shape index (κ2) is 5.82. The first-order valence-electron chi connectivity index (χ1n) is 6.02. The van der Waals surface area contributed by atoms with Crippen LogP contribution in [-0.2, 0) is 4.79 Å². The summed E-state index contributed by atoms with van der Waals surface area (Å²) in [5, 5.41) is 15.7. The molecule has 0 bridgehead atoms. The zero-order valence-electron chi connectivity index (χ0n) is 9.93. The number of hydrogen-bond acceptors (Lipinski definition) is 2. The van der Waals surface area contributed by atoms with Gasteiger partial charge in [-0.2, -0.15) is 0 Å². The minimum Gasteiger partial charge on any atom is -0.481 e. The molecular formula is C13H16N2O2S. The molecule has 1 aliphatic rings. The second-order valence-electron chi connectivity index (χ2n) is 4.45. The molecule has 4 nitrogen and oxygen atoms in total. The Bertz CT molecular complexity index is 436. The van der Waals surface area contributed by atoms with E-state index in [0.717, 1.165) is 24.9 Å². The van der Waals surface area contributed by atoms with Crippen LogP contribution in [0.15, 0.2) is 30.3 Å². The Morgan fingerprint density at radius 1 is 1.28 bits per heavy atom. The van der Waals surface area contributed by atoms with Gasteiger partial charge in [0, 0.05) is 11.7 Å². The van der Waals surface area contributed by atoms with Crippen LogP contribution in [0.3, 0.4) is 0 Å². The predicted octanol–water partition coefficient (Wildman–Crippen LogP) is 2.23. The summed E-state index contributed by atoms with van der Waals surface area (Å²) >= 11 is 5.20. The van der Waals surface area contributed by atoms with E-state index < -0.39 is 5.97 Å². The van der Waals surface area contributed by atoms with E-state index in [1.54, 1.807) is 0 Å². The van der Waals surface area contributed by atoms with Gasteiger partial charge in [-0.3, -0.25) is 4.79 Å². The third-order valence-electron chi connectivity index (χ3n) is 3.18. The Balaban J connectivity index is 1.90. The Hall–Kier alpha value is -1.62. The Labute approximate surface area is 111 Å². The van der Waals surface area contributed by atoms with Crippen LogP contribution in [0.4, 0.5) is 5.69 Å². The van der Waals surface area contributed by atoms with Crippen LogP contribution in [0.25, 0.3) is 0 Å². The number of carbonyl (C=O) groups is 1. The summed E-state index contributed by atoms with van der Waals surface area (Å²) in [5.41, 5.74) is 0.903. The third kappa shape index (κ3) is 3.20. The molecule has 0 spiro atoms. The summed E-state index contributed by atoms with van der Waals surface area (Å²) in [6.45, 7) is 0. The highest BCUT2D eigenvalue weighted by molar-refractivity contribution is 7.80. The van der Waals surface area contributed by atoms with Crippen molar-refractivity contribution in [3.63, 3.8) is 0 Å². The molecule has 0 amide bonds. The number of aliphatic carboxylic acids is 1. The van der Waals surface area contributed by atoms with Gasteiger partial charge in [-0.25, -0.2) is 0 Å². The number of para-hydroxylation sites is 1. The fourth-order valence-electron chi connectivity index (χ4n) is 2.29. The first-order chi connectivity index (χ1) is 8.66. The number of hydrogen-bond donors (Lipinski definition) is 3. The molecule has 1 aromatic rings. The highest BCUT2D eigenvalue weighted by Gasteiger charge is 2.33. The number of thiocarbonyl (C=S) groups is 1. The van der Waals surface area contributed by atoms with Crippen molar-refractivity contribution in [2.75, 3.05) is 5.32 Å². The highest BCUT2D eigenvalue weighted by Crippen LogP contribution is 2.25. The zero-order valence-corrected chi connectivity index (χ0v) is 10.7. The summed E-state index contributed by atoms with van der Waals surface area (Å²) in [4.78, 5) is 11.0. The molecule has 96 valence electrons. The van der Waals surface area contributed by atoms with Crippen LogP contribution in [0.2, 0.25) is 0 Å². The number of rotatable bonds is 3. The Kier molecular flexibility index (Phi) is 4.15. The van der Waals surface area contributed by atoms with Crippen molar-refractivity contribution < 1.29 is 9.90 Å². The quantitative estimate of drug-likeness (QED) is 0.731. The lowest BCUT2D eigenvalue weighted by Gasteiger charge is -2.20. The topological polar surface area (TPSA) is 61.4 Å². The molecular weight excluding hydrogens is 248 g/mol. The first kappa shape index (κ1) is 12.8. The fraction of sp³-hybridized carbons (Fsp3) is 0.385. The average Bonchev–Trinajstić information content (AvgIpc) is 2.78. The molecule has 1 aliphatic carbocycles. The number of anilines is 1. The molecule has 5 heteroatoms. The molecule has 18 heavy (non-hydrogen) atoms. The van der Waals surface area contributed by atoms with Crippen molar-refractivity contribution in [2.24, 2.45) is 5.92 Å². The van der Waals surface area contributed by atoms with Crippen molar-refractivity contribution in [2.45, 2.75) is 25.3 Å². The van der Waals surface area contributed by atoms with Crippen LogP contribution >= 0.6 is 12.2 Å². The maximum Gasteiger partial charge on any atom is 0.308 e. The van der Waals surface area contributed by atoms with Crippen molar-refractivity contribution in [3.05, 3.63) is 30.3 Å². The van der Waals surface area contributed by atoms with Crippen LogP contribution in [0.1, 0.15) is 19.3 Å². The molecule has 2 atom stereocenters. The molecule has 0 aromatic heterocycles. The van der Waals surface area contributed by atoms with E-state index in [9.17, 15) is 4.79 Å². The van der Waals surface area contributed by atoms with E-state index >= 15 is 0 Å². The van der Waals surface area contributed by atoms with E-state index in [1.807, 2.05) is 30.3 Å². The molecule has 1 saturated carbocycles. The van der Waals surface area contributed by atoms with E-state index in [4.69, 9.17) is 17.3 Å². The number of carboxylic acids is 1. The minimum atomic E-state index is -0.743. The van der Waals surface area contributed by atoms with Crippen LogP contribution in [0, 0.1) is 5.92 Å². The maximum absolute atomic E-state index is 11.0. The summed E-state index contributed by atoms with van der Waals surface area (Å²) in [5.74, 6) is -1.08. The maximum atomic E-state index is 11.0. The van der Waals surface area contributed by atoms with Crippen LogP contribution < -0.4 is 10.6 Å². The number of nitrogens with one attached hydrogen (secondary N) is 2. The lowest BCUT2D eigenvalue weighted by atomic mass is 10.0. The standard InChI is InChI=1S/C13H16N2O2S/c16-12(17)10-7-4-8-11(10)15-13(18)14-9-5-2-1-3-6-9/h1-3,5-6,10-11H,4,7-8H2,(H,16,17)(H2,14,15,18)/t10-,11-/m0/s1. The average molecular weight is 264 g/mol. The monoisotopic (exact) mass is 264 g/mol. The largest absolute Gasteiger partial charge is 0.481 e. The molecule has 0 heterocycles. The summed E-state index contributed by atoms with van der Waals surface area (Å²) in [6, 6.07) is 9.53. The van der Waals surface area contributed by atoms with Gasteiger partial charge < -0.3 is 15.7 Å². The van der Waals surface area contributed by atoms with Gasteiger partial charge in [-0.15, -0.1) is 0 Å². The van der Waals surface area contributed by atoms with E-state index in [1.165, 1.54) is 0 Å². The fourth-order valence-corrected chi connectivity index (χ4v) is 2.55. The van der Waals surface area contributed by atoms with Gasteiger partial charge in [-0.1, -0.05) is 24.6 Å². The van der Waals surface area contributed by atoms with Gasteiger partial charge in [0.2, 0.25) is 0 Å². The molecule has 0 radical (unpaired) electrons.